The summed E-state index contributed by atoms with van der Waals surface area (Å²) in [5.74, 6) is -1.68. The smallest absolute Gasteiger partial charge is 0.490 e. The van der Waals surface area contributed by atoms with Crippen LogP contribution in [-0.2, 0) is 16.0 Å². The third-order valence-electron chi connectivity index (χ3n) is 6.57. The second-order valence-corrected chi connectivity index (χ2v) is 9.27. The molecule has 1 heterocycles. The van der Waals surface area contributed by atoms with E-state index in [0.29, 0.717) is 0 Å². The van der Waals surface area contributed by atoms with E-state index >= 15 is 0 Å². The molecule has 0 radical (unpaired) electrons. The number of halogens is 3. The number of aromatic nitrogens is 2. The maximum atomic E-state index is 13.2. The van der Waals surface area contributed by atoms with Crippen molar-refractivity contribution in [2.24, 2.45) is 5.92 Å². The van der Waals surface area contributed by atoms with Gasteiger partial charge >= 0.3 is 12.1 Å². The van der Waals surface area contributed by atoms with Crippen LogP contribution in [0.25, 0.3) is 22.5 Å². The second kappa shape index (κ2) is 11.6. The van der Waals surface area contributed by atoms with Gasteiger partial charge in [-0.25, -0.2) is 9.78 Å². The van der Waals surface area contributed by atoms with Crippen LogP contribution in [0.3, 0.4) is 0 Å². The number of carboxylic acids is 1. The molecular weight excluding hydrogens is 509 g/mol. The predicted molar refractivity (Wildman–Crippen MR) is 142 cm³/mol. The molecule has 0 aliphatic heterocycles. The maximum Gasteiger partial charge on any atom is 0.490 e. The fourth-order valence-electron chi connectivity index (χ4n) is 4.67. The van der Waals surface area contributed by atoms with Gasteiger partial charge in [0.15, 0.2) is 5.78 Å². The number of hydrogen-bond acceptors (Lipinski definition) is 4. The van der Waals surface area contributed by atoms with Crippen molar-refractivity contribution in [2.45, 2.75) is 32.4 Å². The Bertz CT molecular complexity index is 1530. The molecule has 0 bridgehead atoms. The van der Waals surface area contributed by atoms with Crippen LogP contribution in [0.1, 0.15) is 29.7 Å². The zero-order chi connectivity index (χ0) is 28.2. The number of aryl methyl sites for hydroxylation is 1. The molecule has 5 rings (SSSR count). The lowest BCUT2D eigenvalue weighted by Gasteiger charge is -2.11. The molecule has 1 fully saturated rings. The first-order chi connectivity index (χ1) is 18.6. The summed E-state index contributed by atoms with van der Waals surface area (Å²) in [6.45, 7) is 1.96. The average Bonchev–Trinajstić information content (AvgIpc) is 3.49. The highest BCUT2D eigenvalue weighted by Crippen LogP contribution is 2.34. The number of rotatable bonds is 5. The zero-order valence-corrected chi connectivity index (χ0v) is 21.4. The second-order valence-electron chi connectivity index (χ2n) is 9.27. The molecule has 1 saturated carbocycles. The Labute approximate surface area is 223 Å². The molecular formula is C30H27F3N2O4. The molecule has 39 heavy (non-hydrogen) atoms. The molecule has 1 atom stereocenters. The number of hydrogen-bond donors (Lipinski definition) is 1. The molecule has 1 aromatic heterocycles. The number of nitrogens with zero attached hydrogens (tertiary/aromatic N) is 2. The Hall–Kier alpha value is -4.40. The van der Waals surface area contributed by atoms with Crippen LogP contribution in [0.15, 0.2) is 78.8 Å². The molecule has 1 aliphatic rings. The van der Waals surface area contributed by atoms with Crippen LogP contribution in [0.5, 0.6) is 5.75 Å². The summed E-state index contributed by atoms with van der Waals surface area (Å²) in [6, 6.07) is 20.8. The Kier molecular flexibility index (Phi) is 8.18. The molecule has 1 aliphatic carbocycles. The molecule has 9 heteroatoms. The number of Topliss-reactive ketones (excluding diaryl/α,β-unsaturated/α-hetero) is 1. The summed E-state index contributed by atoms with van der Waals surface area (Å²) in [7, 11) is 1.67. The normalized spacial score (nSPS) is 16.3. The first-order valence-electron chi connectivity index (χ1n) is 12.3. The predicted octanol–water partition coefficient (Wildman–Crippen LogP) is 6.58. The van der Waals surface area contributed by atoms with Gasteiger partial charge in [-0.1, -0.05) is 48.5 Å². The first kappa shape index (κ1) is 27.6. The summed E-state index contributed by atoms with van der Waals surface area (Å²) in [4.78, 5) is 26.4. The average molecular weight is 537 g/mol. The third kappa shape index (κ3) is 6.54. The summed E-state index contributed by atoms with van der Waals surface area (Å²) >= 11 is 0. The van der Waals surface area contributed by atoms with Crippen molar-refractivity contribution < 1.29 is 32.6 Å². The van der Waals surface area contributed by atoms with Gasteiger partial charge in [-0.15, -0.1) is 0 Å². The Balaban J connectivity index is 0.000000448. The molecule has 0 saturated heterocycles. The van der Waals surface area contributed by atoms with Crippen molar-refractivity contribution in [1.82, 2.24) is 9.55 Å². The van der Waals surface area contributed by atoms with Gasteiger partial charge in [-0.2, -0.15) is 13.2 Å². The van der Waals surface area contributed by atoms with E-state index in [1.807, 2.05) is 42.0 Å². The maximum absolute atomic E-state index is 13.2. The number of aliphatic carboxylic acids is 1. The number of carbonyl (C=O) groups is 2. The van der Waals surface area contributed by atoms with Gasteiger partial charge in [0.05, 0.1) is 24.8 Å². The van der Waals surface area contributed by atoms with E-state index in [2.05, 4.69) is 47.4 Å². The van der Waals surface area contributed by atoms with Gasteiger partial charge in [0.25, 0.3) is 0 Å². The molecule has 202 valence electrons. The number of imidazole rings is 1. The van der Waals surface area contributed by atoms with Crippen molar-refractivity contribution in [1.29, 1.82) is 0 Å². The molecule has 3 aromatic carbocycles. The van der Waals surface area contributed by atoms with Crippen molar-refractivity contribution in [3.63, 3.8) is 0 Å². The molecule has 4 aromatic rings. The van der Waals surface area contributed by atoms with Crippen LogP contribution in [0, 0.1) is 12.8 Å². The van der Waals surface area contributed by atoms with Gasteiger partial charge < -0.3 is 14.4 Å². The van der Waals surface area contributed by atoms with Gasteiger partial charge in [0.2, 0.25) is 0 Å². The minimum absolute atomic E-state index is 0.0437. The van der Waals surface area contributed by atoms with Crippen LogP contribution in [-0.4, -0.2) is 39.7 Å². The minimum atomic E-state index is -5.08. The Morgan fingerprint density at radius 3 is 2.54 bits per heavy atom. The third-order valence-corrected chi connectivity index (χ3v) is 6.57. The summed E-state index contributed by atoms with van der Waals surface area (Å²) in [5.41, 5.74) is 5.03. The van der Waals surface area contributed by atoms with Gasteiger partial charge in [0, 0.05) is 12.1 Å². The largest absolute Gasteiger partial charge is 0.495 e. The number of carboxylic acid groups (broad SMARTS) is 1. The minimum Gasteiger partial charge on any atom is -0.495 e. The quantitative estimate of drug-likeness (QED) is 0.292. The van der Waals surface area contributed by atoms with Crippen molar-refractivity contribution in [3.05, 3.63) is 95.6 Å². The van der Waals surface area contributed by atoms with Crippen LogP contribution in [0.4, 0.5) is 13.2 Å². The van der Waals surface area contributed by atoms with E-state index in [1.165, 1.54) is 16.3 Å². The van der Waals surface area contributed by atoms with Crippen molar-refractivity contribution in [3.8, 4) is 11.4 Å². The fourth-order valence-corrected chi connectivity index (χ4v) is 4.67. The van der Waals surface area contributed by atoms with E-state index in [0.717, 1.165) is 47.5 Å². The number of ketones is 1. The van der Waals surface area contributed by atoms with Crippen molar-refractivity contribution in [2.75, 3.05) is 7.11 Å². The standard InChI is InChI=1S/C28H26N2O2.C2HF3O2/c1-19-17-30(18-29-19)26-13-10-20(15-27(26)32-2)14-23-11-12-24(28(23)31)16-22-8-5-7-21-6-3-4-9-25(21)22;3-2(4,5)1(6)7/h3-10,13-15,17-18,24H,11-12,16H2,1-2H3;(H,6,7)/b23-14+;. The Morgan fingerprint density at radius 2 is 1.87 bits per heavy atom. The number of benzene rings is 3. The van der Waals surface area contributed by atoms with E-state index in [4.69, 9.17) is 14.6 Å². The lowest BCUT2D eigenvalue weighted by atomic mass is 9.93. The summed E-state index contributed by atoms with van der Waals surface area (Å²) < 4.78 is 39.3. The number of alkyl halides is 3. The lowest BCUT2D eigenvalue weighted by molar-refractivity contribution is -0.192. The van der Waals surface area contributed by atoms with Crippen molar-refractivity contribution >= 4 is 28.6 Å². The molecule has 1 N–H and O–H groups in total. The highest BCUT2D eigenvalue weighted by atomic mass is 19.4. The van der Waals surface area contributed by atoms with Crippen LogP contribution >= 0.6 is 0 Å². The van der Waals surface area contributed by atoms with Gasteiger partial charge in [-0.05, 0) is 71.9 Å². The van der Waals surface area contributed by atoms with Gasteiger partial charge in [-0.3, -0.25) is 4.79 Å². The van der Waals surface area contributed by atoms with E-state index in [1.54, 1.807) is 13.4 Å². The topological polar surface area (TPSA) is 81.4 Å². The van der Waals surface area contributed by atoms with E-state index in [9.17, 15) is 18.0 Å². The number of carbonyl (C=O) groups excluding carboxylic acids is 1. The highest BCUT2D eigenvalue weighted by Gasteiger charge is 2.38. The lowest BCUT2D eigenvalue weighted by Crippen LogP contribution is -2.21. The number of fused-ring (bicyclic) bond motifs is 1. The number of allylic oxidation sites excluding steroid dienone is 1. The van der Waals surface area contributed by atoms with Crippen LogP contribution in [0.2, 0.25) is 0 Å². The van der Waals surface area contributed by atoms with Crippen LogP contribution < -0.4 is 4.74 Å². The monoisotopic (exact) mass is 536 g/mol. The number of ether oxygens (including phenoxy) is 1. The SMILES string of the molecule is COc1cc(/C=C2\CCC(Cc3cccc4ccccc34)C2=O)ccc1-n1cnc(C)c1.O=C(O)C(F)(F)F. The van der Waals surface area contributed by atoms with E-state index < -0.39 is 12.1 Å². The summed E-state index contributed by atoms with van der Waals surface area (Å²) in [5, 5.41) is 9.60. The fraction of sp³-hybridized carbons (Fsp3) is 0.233. The zero-order valence-electron chi connectivity index (χ0n) is 21.4. The van der Waals surface area contributed by atoms with Gasteiger partial charge in [0.1, 0.15) is 5.75 Å². The molecule has 0 amide bonds. The summed E-state index contributed by atoms with van der Waals surface area (Å²) in [6.07, 6.45) is 3.20. The highest BCUT2D eigenvalue weighted by molar-refractivity contribution is 6.03. The molecule has 1 unspecified atom stereocenters. The number of methoxy groups -OCH3 is 1. The van der Waals surface area contributed by atoms with E-state index in [-0.39, 0.29) is 11.7 Å². The molecule has 6 nitrogen and oxygen atoms in total. The first-order valence-corrected chi connectivity index (χ1v) is 12.3. The molecule has 0 spiro atoms. The Morgan fingerprint density at radius 1 is 1.15 bits per heavy atom.